The molecule has 5 rings (SSSR count). The highest BCUT2D eigenvalue weighted by molar-refractivity contribution is 5.83. The zero-order valence-electron chi connectivity index (χ0n) is 16.6. The van der Waals surface area contributed by atoms with Gasteiger partial charge < -0.3 is 4.57 Å². The van der Waals surface area contributed by atoms with Gasteiger partial charge in [-0.1, -0.05) is 36.2 Å². The Kier molecular flexibility index (Phi) is 4.67. The maximum absolute atomic E-state index is 13.3. The smallest absolute Gasteiger partial charge is 0.131 e. The zero-order valence-corrected chi connectivity index (χ0v) is 16.6. The van der Waals surface area contributed by atoms with Gasteiger partial charge in [0, 0.05) is 36.8 Å². The minimum Gasteiger partial charge on any atom is -0.343 e. The Labute approximate surface area is 166 Å². The Morgan fingerprint density at radius 1 is 1.07 bits per heavy atom. The molecule has 0 saturated carbocycles. The quantitative estimate of drug-likeness (QED) is 0.628. The van der Waals surface area contributed by atoms with E-state index in [1.165, 1.54) is 53.7 Å². The standard InChI is InChI=1S/C24H28FN3/c1-17-5-7-18(8-6-17)11-15-28-21-12-14-27-13-3-2-4-20(27)23(21)24-22(28)10-9-19(16-25)26-24/h5-10,20H,2-4,11-16H2,1H3. The highest BCUT2D eigenvalue weighted by Crippen LogP contribution is 2.41. The van der Waals surface area contributed by atoms with Crippen LogP contribution in [0.4, 0.5) is 4.39 Å². The molecule has 0 bridgehead atoms. The van der Waals surface area contributed by atoms with E-state index in [2.05, 4.69) is 46.7 Å². The summed E-state index contributed by atoms with van der Waals surface area (Å²) in [5.74, 6) is 0. The molecule has 0 amide bonds. The van der Waals surface area contributed by atoms with E-state index in [9.17, 15) is 4.39 Å². The Bertz CT molecular complexity index is 989. The summed E-state index contributed by atoms with van der Waals surface area (Å²) in [6.45, 7) is 4.91. The molecule has 1 saturated heterocycles. The van der Waals surface area contributed by atoms with Crippen LogP contribution in [-0.4, -0.2) is 27.5 Å². The Hall–Kier alpha value is -2.20. The average molecular weight is 378 g/mol. The number of pyridine rings is 1. The van der Waals surface area contributed by atoms with Crippen LogP contribution in [0.5, 0.6) is 0 Å². The van der Waals surface area contributed by atoms with Crippen molar-refractivity contribution in [2.24, 2.45) is 0 Å². The van der Waals surface area contributed by atoms with E-state index in [4.69, 9.17) is 4.98 Å². The van der Waals surface area contributed by atoms with Crippen molar-refractivity contribution in [2.75, 3.05) is 13.1 Å². The Morgan fingerprint density at radius 2 is 1.93 bits per heavy atom. The van der Waals surface area contributed by atoms with Crippen molar-refractivity contribution in [1.29, 1.82) is 0 Å². The maximum atomic E-state index is 13.3. The number of hydrogen-bond donors (Lipinski definition) is 0. The summed E-state index contributed by atoms with van der Waals surface area (Å²) in [6, 6.07) is 13.3. The van der Waals surface area contributed by atoms with Crippen molar-refractivity contribution in [3.05, 3.63) is 64.5 Å². The number of benzene rings is 1. The summed E-state index contributed by atoms with van der Waals surface area (Å²) in [5.41, 5.74) is 8.28. The summed E-state index contributed by atoms with van der Waals surface area (Å²) in [5, 5.41) is 0. The number of piperidine rings is 1. The molecule has 0 N–H and O–H groups in total. The van der Waals surface area contributed by atoms with E-state index in [0.29, 0.717) is 11.7 Å². The third-order valence-corrected chi connectivity index (χ3v) is 6.58. The van der Waals surface area contributed by atoms with Gasteiger partial charge in [-0.3, -0.25) is 4.90 Å². The molecule has 146 valence electrons. The van der Waals surface area contributed by atoms with Crippen LogP contribution in [-0.2, 0) is 26.1 Å². The molecule has 2 aliphatic rings. The lowest BCUT2D eigenvalue weighted by Crippen LogP contribution is -2.39. The van der Waals surface area contributed by atoms with Crippen LogP contribution >= 0.6 is 0 Å². The molecule has 1 unspecified atom stereocenters. The topological polar surface area (TPSA) is 21.1 Å². The first-order valence-electron chi connectivity index (χ1n) is 10.6. The molecule has 3 nitrogen and oxygen atoms in total. The number of aryl methyl sites for hydroxylation is 3. The lowest BCUT2D eigenvalue weighted by molar-refractivity contribution is 0.138. The number of nitrogens with zero attached hydrogens (tertiary/aromatic N) is 3. The van der Waals surface area contributed by atoms with Gasteiger partial charge >= 0.3 is 0 Å². The number of hydrogen-bond acceptors (Lipinski definition) is 2. The number of alkyl halides is 1. The van der Waals surface area contributed by atoms with E-state index in [0.717, 1.165) is 31.4 Å². The first-order valence-corrected chi connectivity index (χ1v) is 10.6. The SMILES string of the molecule is Cc1ccc(CCn2c3c(c4nc(CF)ccc42)C2CCCCN2CC3)cc1. The molecule has 1 atom stereocenters. The van der Waals surface area contributed by atoms with Crippen LogP contribution in [0.3, 0.4) is 0 Å². The predicted octanol–water partition coefficient (Wildman–Crippen LogP) is 5.14. The first-order chi connectivity index (χ1) is 13.7. The van der Waals surface area contributed by atoms with Gasteiger partial charge in [-0.2, -0.15) is 0 Å². The van der Waals surface area contributed by atoms with Gasteiger partial charge in [0.2, 0.25) is 0 Å². The normalized spacial score (nSPS) is 19.6. The molecule has 3 aromatic rings. The van der Waals surface area contributed by atoms with Crippen molar-refractivity contribution in [3.63, 3.8) is 0 Å². The summed E-state index contributed by atoms with van der Waals surface area (Å²) in [4.78, 5) is 7.39. The lowest BCUT2D eigenvalue weighted by Gasteiger charge is -2.39. The predicted molar refractivity (Wildman–Crippen MR) is 111 cm³/mol. The summed E-state index contributed by atoms with van der Waals surface area (Å²) in [6.07, 6.45) is 5.85. The van der Waals surface area contributed by atoms with E-state index in [1.807, 2.05) is 6.07 Å². The molecule has 4 heteroatoms. The third kappa shape index (κ3) is 3.04. The number of halogens is 1. The highest BCUT2D eigenvalue weighted by atomic mass is 19.1. The van der Waals surface area contributed by atoms with Crippen LogP contribution < -0.4 is 0 Å². The third-order valence-electron chi connectivity index (χ3n) is 6.58. The Morgan fingerprint density at radius 3 is 2.75 bits per heavy atom. The lowest BCUT2D eigenvalue weighted by atomic mass is 9.90. The highest BCUT2D eigenvalue weighted by Gasteiger charge is 2.34. The minimum atomic E-state index is -0.492. The molecular formula is C24H28FN3. The monoisotopic (exact) mass is 377 g/mol. The molecule has 2 aliphatic heterocycles. The molecule has 1 fully saturated rings. The fourth-order valence-electron chi connectivity index (χ4n) is 5.12. The van der Waals surface area contributed by atoms with E-state index in [1.54, 1.807) is 0 Å². The van der Waals surface area contributed by atoms with Gasteiger partial charge in [0.05, 0.1) is 16.7 Å². The fourth-order valence-corrected chi connectivity index (χ4v) is 5.12. The van der Waals surface area contributed by atoms with Gasteiger partial charge in [0.25, 0.3) is 0 Å². The maximum Gasteiger partial charge on any atom is 0.131 e. The average Bonchev–Trinajstić information content (AvgIpc) is 3.06. The molecule has 0 aliphatic carbocycles. The van der Waals surface area contributed by atoms with Crippen LogP contribution in [0, 0.1) is 6.92 Å². The van der Waals surface area contributed by atoms with Gasteiger partial charge in [-0.25, -0.2) is 9.37 Å². The molecule has 0 spiro atoms. The van der Waals surface area contributed by atoms with E-state index in [-0.39, 0.29) is 0 Å². The largest absolute Gasteiger partial charge is 0.343 e. The first kappa shape index (κ1) is 17.9. The molecule has 1 aromatic carbocycles. The van der Waals surface area contributed by atoms with Gasteiger partial charge in [-0.05, 0) is 50.4 Å². The van der Waals surface area contributed by atoms with Gasteiger partial charge in [0.15, 0.2) is 0 Å². The number of rotatable bonds is 4. The van der Waals surface area contributed by atoms with Crippen LogP contribution in [0.2, 0.25) is 0 Å². The van der Waals surface area contributed by atoms with Crippen molar-refractivity contribution in [3.8, 4) is 0 Å². The second kappa shape index (κ2) is 7.32. The summed E-state index contributed by atoms with van der Waals surface area (Å²) in [7, 11) is 0. The van der Waals surface area contributed by atoms with Crippen LogP contribution in [0.1, 0.15) is 53.4 Å². The van der Waals surface area contributed by atoms with Crippen molar-refractivity contribution < 1.29 is 4.39 Å². The number of fused-ring (bicyclic) bond motifs is 5. The Balaban J connectivity index is 1.57. The van der Waals surface area contributed by atoms with E-state index < -0.39 is 6.67 Å². The second-order valence-corrected chi connectivity index (χ2v) is 8.35. The summed E-state index contributed by atoms with van der Waals surface area (Å²) >= 11 is 0. The number of aromatic nitrogens is 2. The fraction of sp³-hybridized carbons (Fsp3) is 0.458. The van der Waals surface area contributed by atoms with Crippen LogP contribution in [0.15, 0.2) is 36.4 Å². The molecule has 4 heterocycles. The molecule has 28 heavy (non-hydrogen) atoms. The molecule has 2 aromatic heterocycles. The molecule has 0 radical (unpaired) electrons. The van der Waals surface area contributed by atoms with E-state index >= 15 is 0 Å². The zero-order chi connectivity index (χ0) is 19.1. The van der Waals surface area contributed by atoms with Crippen LogP contribution in [0.25, 0.3) is 11.0 Å². The van der Waals surface area contributed by atoms with Gasteiger partial charge in [0.1, 0.15) is 6.67 Å². The summed E-state index contributed by atoms with van der Waals surface area (Å²) < 4.78 is 15.8. The minimum absolute atomic E-state index is 0.461. The molecular weight excluding hydrogens is 349 g/mol. The van der Waals surface area contributed by atoms with Crippen molar-refractivity contribution in [2.45, 2.75) is 58.3 Å². The second-order valence-electron chi connectivity index (χ2n) is 8.35. The van der Waals surface area contributed by atoms with Crippen molar-refractivity contribution in [1.82, 2.24) is 14.5 Å². The van der Waals surface area contributed by atoms with Gasteiger partial charge in [-0.15, -0.1) is 0 Å². The van der Waals surface area contributed by atoms with Crippen molar-refractivity contribution >= 4 is 11.0 Å².